The molecule has 7 nitrogen and oxygen atoms in total. The van der Waals surface area contributed by atoms with Crippen LogP contribution in [0.15, 0.2) is 59.5 Å². The van der Waals surface area contributed by atoms with Crippen molar-refractivity contribution in [2.24, 2.45) is 0 Å². The van der Waals surface area contributed by atoms with Crippen LogP contribution in [0.4, 0.5) is 5.69 Å². The number of hydrogen-bond donors (Lipinski definition) is 1. The molecule has 4 rings (SSSR count). The van der Waals surface area contributed by atoms with Gasteiger partial charge in [0.25, 0.3) is 5.69 Å². The second-order valence-electron chi connectivity index (χ2n) is 7.90. The normalized spacial score (nSPS) is 24.5. The Morgan fingerprint density at radius 3 is 2.21 bits per heavy atom. The van der Waals surface area contributed by atoms with Crippen molar-refractivity contribution in [1.82, 2.24) is 9.62 Å². The summed E-state index contributed by atoms with van der Waals surface area (Å²) in [6.07, 6.45) is 4.83. The van der Waals surface area contributed by atoms with Gasteiger partial charge in [0.2, 0.25) is 10.0 Å². The van der Waals surface area contributed by atoms with Crippen LogP contribution >= 0.6 is 0 Å². The topological polar surface area (TPSA) is 92.5 Å². The minimum absolute atomic E-state index is 0.0713. The van der Waals surface area contributed by atoms with Crippen LogP contribution in [0.5, 0.6) is 0 Å². The maximum Gasteiger partial charge on any atom is 0.269 e. The molecule has 2 unspecified atom stereocenters. The Hall–Kier alpha value is -2.29. The van der Waals surface area contributed by atoms with E-state index in [2.05, 4.69) is 33.9 Å². The molecule has 2 aromatic carbocycles. The summed E-state index contributed by atoms with van der Waals surface area (Å²) in [5.41, 5.74) is 1.21. The van der Waals surface area contributed by atoms with Crippen molar-refractivity contribution in [3.63, 3.8) is 0 Å². The summed E-state index contributed by atoms with van der Waals surface area (Å²) in [6.45, 7) is 1.00. The highest BCUT2D eigenvalue weighted by Gasteiger charge is 2.41. The fraction of sp³-hybridized carbons (Fsp3) is 0.429. The Morgan fingerprint density at radius 1 is 1.00 bits per heavy atom. The lowest BCUT2D eigenvalue weighted by Gasteiger charge is -2.39. The highest BCUT2D eigenvalue weighted by Crippen LogP contribution is 2.36. The highest BCUT2D eigenvalue weighted by atomic mass is 32.2. The van der Waals surface area contributed by atoms with Crippen molar-refractivity contribution in [1.29, 1.82) is 0 Å². The number of hydrogen-bond acceptors (Lipinski definition) is 5. The number of benzene rings is 2. The fourth-order valence-electron chi connectivity index (χ4n) is 4.67. The maximum absolute atomic E-state index is 12.7. The highest BCUT2D eigenvalue weighted by molar-refractivity contribution is 7.89. The van der Waals surface area contributed by atoms with Gasteiger partial charge in [-0.1, -0.05) is 30.3 Å². The molecule has 2 fully saturated rings. The van der Waals surface area contributed by atoms with Gasteiger partial charge >= 0.3 is 0 Å². The lowest BCUT2D eigenvalue weighted by atomic mass is 9.97. The van der Waals surface area contributed by atoms with Crippen molar-refractivity contribution < 1.29 is 13.3 Å². The van der Waals surface area contributed by atoms with Crippen LogP contribution in [0, 0.1) is 10.1 Å². The number of nitro groups is 1. The van der Waals surface area contributed by atoms with Crippen LogP contribution in [-0.2, 0) is 16.4 Å². The van der Waals surface area contributed by atoms with Gasteiger partial charge in [-0.25, -0.2) is 13.1 Å². The number of piperidine rings is 1. The molecule has 2 aromatic rings. The summed E-state index contributed by atoms with van der Waals surface area (Å²) in [4.78, 5) is 12.8. The third-order valence-electron chi connectivity index (χ3n) is 6.07. The van der Waals surface area contributed by atoms with Gasteiger partial charge < -0.3 is 0 Å². The van der Waals surface area contributed by atoms with Gasteiger partial charge in [-0.2, -0.15) is 0 Å². The zero-order valence-corrected chi connectivity index (χ0v) is 16.9. The van der Waals surface area contributed by atoms with Crippen molar-refractivity contribution in [3.05, 3.63) is 70.3 Å². The second-order valence-corrected chi connectivity index (χ2v) is 9.61. The fourth-order valence-corrected chi connectivity index (χ4v) is 5.93. The molecule has 2 bridgehead atoms. The van der Waals surface area contributed by atoms with E-state index in [0.717, 1.165) is 38.6 Å². The molecular formula is C21H25N3O4S. The number of non-ortho nitro benzene ring substituents is 1. The third-order valence-corrected chi connectivity index (χ3v) is 7.60. The molecule has 29 heavy (non-hydrogen) atoms. The van der Waals surface area contributed by atoms with Crippen LogP contribution in [0.1, 0.15) is 31.2 Å². The first-order chi connectivity index (χ1) is 13.9. The summed E-state index contributed by atoms with van der Waals surface area (Å²) >= 11 is 0. The van der Waals surface area contributed by atoms with Crippen LogP contribution in [0.25, 0.3) is 0 Å². The molecule has 0 radical (unpaired) electrons. The largest absolute Gasteiger partial charge is 0.297 e. The van der Waals surface area contributed by atoms with E-state index in [9.17, 15) is 18.5 Å². The van der Waals surface area contributed by atoms with E-state index in [1.807, 2.05) is 6.07 Å². The minimum Gasteiger partial charge on any atom is -0.297 e. The first-order valence-electron chi connectivity index (χ1n) is 9.99. The van der Waals surface area contributed by atoms with Gasteiger partial charge in [-0.15, -0.1) is 0 Å². The van der Waals surface area contributed by atoms with E-state index in [-0.39, 0.29) is 16.6 Å². The molecule has 2 aliphatic heterocycles. The molecule has 0 spiro atoms. The van der Waals surface area contributed by atoms with Crippen molar-refractivity contribution in [2.45, 2.75) is 55.1 Å². The summed E-state index contributed by atoms with van der Waals surface area (Å²) < 4.78 is 28.3. The predicted molar refractivity (Wildman–Crippen MR) is 110 cm³/mol. The zero-order chi connectivity index (χ0) is 20.4. The summed E-state index contributed by atoms with van der Waals surface area (Å²) in [6, 6.07) is 16.2. The first kappa shape index (κ1) is 20.0. The number of fused-ring (bicyclic) bond motifs is 2. The molecule has 0 amide bonds. The molecule has 1 N–H and O–H groups in total. The van der Waals surface area contributed by atoms with E-state index in [1.165, 1.54) is 29.8 Å². The molecule has 2 aliphatic rings. The molecule has 8 heteroatoms. The lowest BCUT2D eigenvalue weighted by Crippen LogP contribution is -2.50. The van der Waals surface area contributed by atoms with E-state index in [1.54, 1.807) is 0 Å². The SMILES string of the molecule is O=[N+]([O-])c1ccc(S(=O)(=O)NC2CC3CCC(C2)N3CCc2ccccc2)cc1. The Bertz CT molecular complexity index is 949. The summed E-state index contributed by atoms with van der Waals surface area (Å²) in [7, 11) is -3.69. The van der Waals surface area contributed by atoms with E-state index < -0.39 is 14.9 Å². The minimum atomic E-state index is -3.69. The molecule has 0 aliphatic carbocycles. The Balaban J connectivity index is 1.37. The second kappa shape index (κ2) is 8.22. The number of sulfonamides is 1. The summed E-state index contributed by atoms with van der Waals surface area (Å²) in [5, 5.41) is 10.8. The Kier molecular flexibility index (Phi) is 5.67. The van der Waals surface area contributed by atoms with E-state index in [0.29, 0.717) is 12.1 Å². The molecule has 154 valence electrons. The van der Waals surface area contributed by atoms with Gasteiger partial charge in [-0.05, 0) is 49.8 Å². The molecule has 2 saturated heterocycles. The monoisotopic (exact) mass is 415 g/mol. The van der Waals surface area contributed by atoms with Crippen LogP contribution in [-0.4, -0.2) is 42.9 Å². The van der Waals surface area contributed by atoms with Gasteiger partial charge in [0, 0.05) is 36.8 Å². The average molecular weight is 416 g/mol. The summed E-state index contributed by atoms with van der Waals surface area (Å²) in [5.74, 6) is 0. The van der Waals surface area contributed by atoms with Gasteiger partial charge in [-0.3, -0.25) is 15.0 Å². The van der Waals surface area contributed by atoms with Gasteiger partial charge in [0.05, 0.1) is 9.82 Å². The number of nitro benzene ring substituents is 1. The maximum atomic E-state index is 12.7. The number of rotatable bonds is 7. The standard InChI is InChI=1S/C21H25N3O4S/c25-24(26)18-8-10-21(11-9-18)29(27,28)22-17-14-19-6-7-20(15-17)23(19)13-12-16-4-2-1-3-5-16/h1-5,8-11,17,19-20,22H,6-7,12-15H2. The molecule has 0 aromatic heterocycles. The quantitative estimate of drug-likeness (QED) is 0.554. The predicted octanol–water partition coefficient (Wildman–Crippen LogP) is 3.11. The third kappa shape index (κ3) is 4.49. The van der Waals surface area contributed by atoms with Crippen LogP contribution in [0.3, 0.4) is 0 Å². The Morgan fingerprint density at radius 2 is 1.62 bits per heavy atom. The van der Waals surface area contributed by atoms with Gasteiger partial charge in [0.15, 0.2) is 0 Å². The number of nitrogens with one attached hydrogen (secondary N) is 1. The molecule has 0 saturated carbocycles. The zero-order valence-electron chi connectivity index (χ0n) is 16.1. The first-order valence-corrected chi connectivity index (χ1v) is 11.5. The molecular weight excluding hydrogens is 390 g/mol. The molecule has 2 heterocycles. The molecule has 2 atom stereocenters. The van der Waals surface area contributed by atoms with E-state index >= 15 is 0 Å². The lowest BCUT2D eigenvalue weighted by molar-refractivity contribution is -0.384. The van der Waals surface area contributed by atoms with Crippen molar-refractivity contribution in [3.8, 4) is 0 Å². The van der Waals surface area contributed by atoms with Crippen molar-refractivity contribution in [2.75, 3.05) is 6.54 Å². The van der Waals surface area contributed by atoms with Crippen LogP contribution in [0.2, 0.25) is 0 Å². The average Bonchev–Trinajstić information content (AvgIpc) is 2.95. The number of nitrogens with zero attached hydrogens (tertiary/aromatic N) is 2. The van der Waals surface area contributed by atoms with Gasteiger partial charge in [0.1, 0.15) is 0 Å². The smallest absolute Gasteiger partial charge is 0.269 e. The van der Waals surface area contributed by atoms with Crippen LogP contribution < -0.4 is 4.72 Å². The Labute approximate surface area is 170 Å². The van der Waals surface area contributed by atoms with E-state index in [4.69, 9.17) is 0 Å². The van der Waals surface area contributed by atoms with Crippen molar-refractivity contribution >= 4 is 15.7 Å².